The van der Waals surface area contributed by atoms with Crippen LogP contribution < -0.4 is 5.73 Å². The molecule has 1 aromatic heterocycles. The zero-order valence-corrected chi connectivity index (χ0v) is 10.8. The summed E-state index contributed by atoms with van der Waals surface area (Å²) in [6, 6.07) is 5.90. The predicted octanol–water partition coefficient (Wildman–Crippen LogP) is 3.03. The number of aromatic nitrogens is 1. The zero-order chi connectivity index (χ0) is 12.3. The molecule has 1 aromatic rings. The second-order valence-electron chi connectivity index (χ2n) is 4.29. The summed E-state index contributed by atoms with van der Waals surface area (Å²) in [4.78, 5) is 4.39. The van der Waals surface area contributed by atoms with Crippen LogP contribution in [0.25, 0.3) is 0 Å². The molecule has 0 saturated heterocycles. The molecule has 0 aliphatic heterocycles. The van der Waals surface area contributed by atoms with Gasteiger partial charge in [-0.25, -0.2) is 0 Å². The standard InChI is InChI=1S/C14H24N2O/c1-2-3-4-5-6-10-17-12-14-9-7-8-13(11-15)16-14/h7-9H,2-6,10-12,15H2,1H3. The van der Waals surface area contributed by atoms with Crippen LogP contribution in [0.5, 0.6) is 0 Å². The van der Waals surface area contributed by atoms with E-state index in [2.05, 4.69) is 11.9 Å². The normalized spacial score (nSPS) is 10.7. The molecular formula is C14H24N2O. The Hall–Kier alpha value is -0.930. The highest BCUT2D eigenvalue weighted by Crippen LogP contribution is 2.04. The van der Waals surface area contributed by atoms with Gasteiger partial charge in [-0.2, -0.15) is 0 Å². The average Bonchev–Trinajstić information content (AvgIpc) is 2.38. The van der Waals surface area contributed by atoms with Crippen LogP contribution in [0.1, 0.15) is 50.4 Å². The number of hydrogen-bond donors (Lipinski definition) is 1. The molecule has 96 valence electrons. The minimum atomic E-state index is 0.491. The lowest BCUT2D eigenvalue weighted by Gasteiger charge is -2.05. The van der Waals surface area contributed by atoms with Crippen LogP contribution in [0.4, 0.5) is 0 Å². The van der Waals surface area contributed by atoms with Crippen molar-refractivity contribution in [1.29, 1.82) is 0 Å². The van der Waals surface area contributed by atoms with Gasteiger partial charge in [0, 0.05) is 13.2 Å². The second kappa shape index (κ2) is 9.14. The number of nitrogens with two attached hydrogens (primary N) is 1. The minimum absolute atomic E-state index is 0.491. The summed E-state index contributed by atoms with van der Waals surface area (Å²) in [5.41, 5.74) is 7.44. The lowest BCUT2D eigenvalue weighted by atomic mass is 10.2. The van der Waals surface area contributed by atoms with Gasteiger partial charge in [-0.3, -0.25) is 4.98 Å². The highest BCUT2D eigenvalue weighted by Gasteiger charge is 1.97. The minimum Gasteiger partial charge on any atom is -0.375 e. The second-order valence-corrected chi connectivity index (χ2v) is 4.29. The smallest absolute Gasteiger partial charge is 0.0887 e. The molecular weight excluding hydrogens is 212 g/mol. The molecule has 1 rings (SSSR count). The van der Waals surface area contributed by atoms with Crippen molar-refractivity contribution in [3.63, 3.8) is 0 Å². The fourth-order valence-corrected chi connectivity index (χ4v) is 1.71. The first-order chi connectivity index (χ1) is 8.36. The molecule has 0 amide bonds. The van der Waals surface area contributed by atoms with Gasteiger partial charge >= 0.3 is 0 Å². The first kappa shape index (κ1) is 14.1. The summed E-state index contributed by atoms with van der Waals surface area (Å²) >= 11 is 0. The number of pyridine rings is 1. The summed E-state index contributed by atoms with van der Waals surface area (Å²) in [6.45, 7) is 4.15. The molecule has 0 atom stereocenters. The first-order valence-electron chi connectivity index (χ1n) is 6.59. The van der Waals surface area contributed by atoms with Gasteiger partial charge in [-0.1, -0.05) is 38.7 Å². The highest BCUT2D eigenvalue weighted by atomic mass is 16.5. The van der Waals surface area contributed by atoms with Crippen LogP contribution in [0.15, 0.2) is 18.2 Å². The Morgan fingerprint density at radius 3 is 2.65 bits per heavy atom. The molecule has 0 aromatic carbocycles. The molecule has 0 fully saturated rings. The average molecular weight is 236 g/mol. The summed E-state index contributed by atoms with van der Waals surface area (Å²) in [7, 11) is 0. The molecule has 17 heavy (non-hydrogen) atoms. The maximum atomic E-state index is 5.60. The Morgan fingerprint density at radius 2 is 1.88 bits per heavy atom. The molecule has 0 spiro atoms. The van der Waals surface area contributed by atoms with Crippen molar-refractivity contribution >= 4 is 0 Å². The molecule has 0 aliphatic rings. The maximum Gasteiger partial charge on any atom is 0.0887 e. The van der Waals surface area contributed by atoms with E-state index in [4.69, 9.17) is 10.5 Å². The quantitative estimate of drug-likeness (QED) is 0.670. The SMILES string of the molecule is CCCCCCCOCc1cccc(CN)n1. The Bertz CT molecular complexity index is 302. The Morgan fingerprint density at radius 1 is 1.12 bits per heavy atom. The molecule has 0 aliphatic carbocycles. The topological polar surface area (TPSA) is 48.1 Å². The molecule has 3 nitrogen and oxygen atoms in total. The van der Waals surface area contributed by atoms with E-state index in [-0.39, 0.29) is 0 Å². The van der Waals surface area contributed by atoms with E-state index in [1.54, 1.807) is 0 Å². The molecule has 2 N–H and O–H groups in total. The third-order valence-electron chi connectivity index (χ3n) is 2.72. The van der Waals surface area contributed by atoms with Gasteiger partial charge in [0.05, 0.1) is 18.0 Å². The van der Waals surface area contributed by atoms with Crippen molar-refractivity contribution in [3.8, 4) is 0 Å². The number of hydrogen-bond acceptors (Lipinski definition) is 3. The van der Waals surface area contributed by atoms with Crippen molar-refractivity contribution in [2.75, 3.05) is 6.61 Å². The van der Waals surface area contributed by atoms with E-state index in [1.165, 1.54) is 25.7 Å². The van der Waals surface area contributed by atoms with E-state index in [0.29, 0.717) is 13.2 Å². The maximum absolute atomic E-state index is 5.60. The van der Waals surface area contributed by atoms with Crippen LogP contribution in [0, 0.1) is 0 Å². The Kier molecular flexibility index (Phi) is 7.60. The van der Waals surface area contributed by atoms with Gasteiger partial charge in [0.2, 0.25) is 0 Å². The molecule has 1 heterocycles. The fraction of sp³-hybridized carbons (Fsp3) is 0.643. The number of unbranched alkanes of at least 4 members (excludes halogenated alkanes) is 4. The number of nitrogens with zero attached hydrogens (tertiary/aromatic N) is 1. The third-order valence-corrected chi connectivity index (χ3v) is 2.72. The third kappa shape index (κ3) is 6.39. The van der Waals surface area contributed by atoms with Crippen molar-refractivity contribution in [2.24, 2.45) is 5.73 Å². The van der Waals surface area contributed by atoms with E-state index in [9.17, 15) is 0 Å². The summed E-state index contributed by atoms with van der Waals surface area (Å²) in [6.07, 6.45) is 6.36. The Balaban J connectivity index is 2.09. The van der Waals surface area contributed by atoms with Gasteiger partial charge in [0.25, 0.3) is 0 Å². The van der Waals surface area contributed by atoms with Crippen LogP contribution >= 0.6 is 0 Å². The molecule has 3 heteroatoms. The van der Waals surface area contributed by atoms with Gasteiger partial charge in [0.1, 0.15) is 0 Å². The predicted molar refractivity (Wildman–Crippen MR) is 70.5 cm³/mol. The highest BCUT2D eigenvalue weighted by molar-refractivity contribution is 5.10. The van der Waals surface area contributed by atoms with E-state index >= 15 is 0 Å². The van der Waals surface area contributed by atoms with Crippen LogP contribution in [-0.4, -0.2) is 11.6 Å². The van der Waals surface area contributed by atoms with E-state index in [1.807, 2.05) is 18.2 Å². The number of ether oxygens (including phenoxy) is 1. The van der Waals surface area contributed by atoms with E-state index in [0.717, 1.165) is 24.4 Å². The van der Waals surface area contributed by atoms with Gasteiger partial charge < -0.3 is 10.5 Å². The largest absolute Gasteiger partial charge is 0.375 e. The van der Waals surface area contributed by atoms with Gasteiger partial charge in [-0.15, -0.1) is 0 Å². The van der Waals surface area contributed by atoms with Crippen molar-refractivity contribution in [3.05, 3.63) is 29.6 Å². The summed E-state index contributed by atoms with van der Waals surface area (Å²) in [5.74, 6) is 0. The van der Waals surface area contributed by atoms with Crippen LogP contribution in [0.3, 0.4) is 0 Å². The zero-order valence-electron chi connectivity index (χ0n) is 10.8. The summed E-state index contributed by atoms with van der Waals surface area (Å²) < 4.78 is 5.60. The fourth-order valence-electron chi connectivity index (χ4n) is 1.71. The first-order valence-corrected chi connectivity index (χ1v) is 6.59. The van der Waals surface area contributed by atoms with E-state index < -0.39 is 0 Å². The van der Waals surface area contributed by atoms with Gasteiger partial charge in [-0.05, 0) is 18.6 Å². The van der Waals surface area contributed by atoms with Crippen LogP contribution in [-0.2, 0) is 17.9 Å². The molecule has 0 unspecified atom stereocenters. The molecule has 0 saturated carbocycles. The van der Waals surface area contributed by atoms with Crippen molar-refractivity contribution in [2.45, 2.75) is 52.2 Å². The van der Waals surface area contributed by atoms with Crippen molar-refractivity contribution in [1.82, 2.24) is 4.98 Å². The lowest BCUT2D eigenvalue weighted by molar-refractivity contribution is 0.114. The molecule has 0 radical (unpaired) electrons. The Labute approximate surface area is 104 Å². The number of rotatable bonds is 9. The molecule has 0 bridgehead atoms. The van der Waals surface area contributed by atoms with Crippen molar-refractivity contribution < 1.29 is 4.74 Å². The monoisotopic (exact) mass is 236 g/mol. The lowest BCUT2D eigenvalue weighted by Crippen LogP contribution is -2.03. The van der Waals surface area contributed by atoms with Crippen LogP contribution in [0.2, 0.25) is 0 Å². The van der Waals surface area contributed by atoms with Gasteiger partial charge in [0.15, 0.2) is 0 Å². The summed E-state index contributed by atoms with van der Waals surface area (Å²) in [5, 5.41) is 0.